The number of hydrogen-bond donors (Lipinski definition) is 1. The van der Waals surface area contributed by atoms with E-state index >= 15 is 0 Å². The predicted octanol–water partition coefficient (Wildman–Crippen LogP) is 5.89. The zero-order valence-corrected chi connectivity index (χ0v) is 22.0. The van der Waals surface area contributed by atoms with E-state index < -0.39 is 34.7 Å². The SMILES string of the molecule is O=C(COc1ccc([N+](=O)[O-])cc1C=Nn1c(-c2cccc(C(F)(F)F)c2)nc2ccccc2c1=O)Nc1ccccc1. The summed E-state index contributed by atoms with van der Waals surface area (Å²) in [6.07, 6.45) is -3.57. The summed E-state index contributed by atoms with van der Waals surface area (Å²) in [4.78, 5) is 41.1. The van der Waals surface area contributed by atoms with Gasteiger partial charge in [-0.2, -0.15) is 22.9 Å². The number of ether oxygens (including phenoxy) is 1. The second kappa shape index (κ2) is 11.9. The minimum atomic E-state index is -4.65. The van der Waals surface area contributed by atoms with E-state index in [1.807, 2.05) is 0 Å². The molecule has 0 aliphatic heterocycles. The van der Waals surface area contributed by atoms with Gasteiger partial charge in [-0.1, -0.05) is 42.5 Å². The van der Waals surface area contributed by atoms with Crippen LogP contribution in [-0.4, -0.2) is 33.3 Å². The molecule has 10 nitrogen and oxygen atoms in total. The maximum atomic E-state index is 13.5. The summed E-state index contributed by atoms with van der Waals surface area (Å²) in [6.45, 7) is -0.458. The number of anilines is 1. The van der Waals surface area contributed by atoms with Crippen LogP contribution in [0.15, 0.2) is 107 Å². The molecule has 0 saturated carbocycles. The van der Waals surface area contributed by atoms with Crippen molar-refractivity contribution in [3.05, 3.63) is 129 Å². The van der Waals surface area contributed by atoms with Gasteiger partial charge in [0.15, 0.2) is 12.4 Å². The number of aromatic nitrogens is 2. The van der Waals surface area contributed by atoms with Crippen LogP contribution in [0, 0.1) is 10.1 Å². The topological polar surface area (TPSA) is 129 Å². The lowest BCUT2D eigenvalue weighted by molar-refractivity contribution is -0.384. The number of nitrogens with one attached hydrogen (secondary N) is 1. The van der Waals surface area contributed by atoms with Gasteiger partial charge < -0.3 is 10.1 Å². The van der Waals surface area contributed by atoms with Crippen LogP contribution in [0.2, 0.25) is 0 Å². The fourth-order valence-corrected chi connectivity index (χ4v) is 4.12. The van der Waals surface area contributed by atoms with Crippen molar-refractivity contribution >= 4 is 34.4 Å². The molecule has 0 fully saturated rings. The van der Waals surface area contributed by atoms with Gasteiger partial charge in [0.1, 0.15) is 5.75 Å². The average molecular weight is 588 g/mol. The zero-order valence-electron chi connectivity index (χ0n) is 22.0. The van der Waals surface area contributed by atoms with Crippen LogP contribution < -0.4 is 15.6 Å². The fraction of sp³-hybridized carbons (Fsp3) is 0.0667. The van der Waals surface area contributed by atoms with Crippen molar-refractivity contribution in [2.75, 3.05) is 11.9 Å². The Morgan fingerprint density at radius 3 is 2.49 bits per heavy atom. The molecule has 1 heterocycles. The lowest BCUT2D eigenvalue weighted by Gasteiger charge is -2.12. The number of nitrogens with zero attached hydrogens (tertiary/aromatic N) is 4. The normalized spacial score (nSPS) is 11.5. The number of benzene rings is 4. The highest BCUT2D eigenvalue weighted by atomic mass is 19.4. The smallest absolute Gasteiger partial charge is 0.416 e. The van der Waals surface area contributed by atoms with Crippen LogP contribution in [0.5, 0.6) is 5.75 Å². The third-order valence-electron chi connectivity index (χ3n) is 6.13. The largest absolute Gasteiger partial charge is 0.483 e. The van der Waals surface area contributed by atoms with Crippen molar-refractivity contribution in [2.24, 2.45) is 5.10 Å². The van der Waals surface area contributed by atoms with Crippen LogP contribution in [0.25, 0.3) is 22.3 Å². The Hall–Kier alpha value is -5.85. The second-order valence-electron chi connectivity index (χ2n) is 9.07. The molecule has 4 aromatic carbocycles. The van der Waals surface area contributed by atoms with Crippen molar-refractivity contribution in [1.82, 2.24) is 9.66 Å². The van der Waals surface area contributed by atoms with E-state index in [9.17, 15) is 32.9 Å². The van der Waals surface area contributed by atoms with E-state index in [1.165, 1.54) is 36.4 Å². The van der Waals surface area contributed by atoms with E-state index in [2.05, 4.69) is 15.4 Å². The number of amides is 1. The maximum Gasteiger partial charge on any atom is 0.416 e. The molecule has 0 saturated heterocycles. The molecule has 43 heavy (non-hydrogen) atoms. The Balaban J connectivity index is 1.56. The first-order valence-corrected chi connectivity index (χ1v) is 12.6. The number of rotatable bonds is 8. The van der Waals surface area contributed by atoms with Gasteiger partial charge in [-0.15, -0.1) is 0 Å². The molecule has 0 aliphatic carbocycles. The highest BCUT2D eigenvalue weighted by molar-refractivity contribution is 5.92. The number of non-ortho nitro benzene ring substituents is 1. The number of nitro groups is 1. The molecule has 0 unspecified atom stereocenters. The molecule has 13 heteroatoms. The van der Waals surface area contributed by atoms with E-state index in [1.54, 1.807) is 42.5 Å². The molecule has 0 radical (unpaired) electrons. The summed E-state index contributed by atoms with van der Waals surface area (Å²) in [5, 5.41) is 18.4. The summed E-state index contributed by atoms with van der Waals surface area (Å²) in [5.41, 5.74) is -1.22. The Morgan fingerprint density at radius 1 is 1.00 bits per heavy atom. The molecule has 1 aromatic heterocycles. The van der Waals surface area contributed by atoms with E-state index in [4.69, 9.17) is 4.74 Å². The first-order valence-electron chi connectivity index (χ1n) is 12.6. The lowest BCUT2D eigenvalue weighted by Crippen LogP contribution is -2.21. The van der Waals surface area contributed by atoms with Gasteiger partial charge in [-0.3, -0.25) is 19.7 Å². The number of carbonyl (C=O) groups excluding carboxylic acids is 1. The number of para-hydroxylation sites is 2. The molecule has 5 aromatic rings. The van der Waals surface area contributed by atoms with Crippen LogP contribution in [-0.2, 0) is 11.0 Å². The Labute approximate surface area is 240 Å². The third-order valence-corrected chi connectivity index (χ3v) is 6.13. The van der Waals surface area contributed by atoms with E-state index in [0.717, 1.165) is 29.1 Å². The molecular formula is C30H20F3N5O5. The molecule has 1 N–H and O–H groups in total. The molecule has 0 spiro atoms. The molecular weight excluding hydrogens is 567 g/mol. The third kappa shape index (κ3) is 6.56. The van der Waals surface area contributed by atoms with Crippen LogP contribution in [0.4, 0.5) is 24.5 Å². The predicted molar refractivity (Wildman–Crippen MR) is 153 cm³/mol. The van der Waals surface area contributed by atoms with Crippen molar-refractivity contribution in [2.45, 2.75) is 6.18 Å². The fourth-order valence-electron chi connectivity index (χ4n) is 4.12. The first kappa shape index (κ1) is 28.7. The number of alkyl halides is 3. The van der Waals surface area contributed by atoms with Gasteiger partial charge in [0.05, 0.1) is 27.6 Å². The van der Waals surface area contributed by atoms with E-state index in [0.29, 0.717) is 5.69 Å². The zero-order chi connectivity index (χ0) is 30.6. The number of halogens is 3. The van der Waals surface area contributed by atoms with Gasteiger partial charge in [-0.25, -0.2) is 4.98 Å². The number of nitro benzene ring substituents is 1. The molecule has 0 bridgehead atoms. The Morgan fingerprint density at radius 2 is 1.74 bits per heavy atom. The Kier molecular flexibility index (Phi) is 7.96. The molecule has 1 amide bonds. The molecule has 0 atom stereocenters. The van der Waals surface area contributed by atoms with Crippen LogP contribution >= 0.6 is 0 Å². The van der Waals surface area contributed by atoms with E-state index in [-0.39, 0.29) is 39.3 Å². The molecule has 0 aliphatic rings. The van der Waals surface area contributed by atoms with Crippen molar-refractivity contribution < 1.29 is 27.6 Å². The summed E-state index contributed by atoms with van der Waals surface area (Å²) in [7, 11) is 0. The lowest BCUT2D eigenvalue weighted by atomic mass is 10.1. The minimum Gasteiger partial charge on any atom is -0.483 e. The van der Waals surface area contributed by atoms with Crippen molar-refractivity contribution in [1.29, 1.82) is 0 Å². The highest BCUT2D eigenvalue weighted by Gasteiger charge is 2.31. The Bertz CT molecular complexity index is 1920. The first-order chi connectivity index (χ1) is 20.6. The van der Waals surface area contributed by atoms with Gasteiger partial charge in [0.25, 0.3) is 17.2 Å². The summed E-state index contributed by atoms with van der Waals surface area (Å²) in [5.74, 6) is -0.671. The summed E-state index contributed by atoms with van der Waals surface area (Å²) in [6, 6.07) is 22.7. The van der Waals surface area contributed by atoms with Crippen LogP contribution in [0.1, 0.15) is 11.1 Å². The quantitative estimate of drug-likeness (QED) is 0.137. The summed E-state index contributed by atoms with van der Waals surface area (Å²) < 4.78 is 46.8. The highest BCUT2D eigenvalue weighted by Crippen LogP contribution is 2.32. The molecule has 5 rings (SSSR count). The van der Waals surface area contributed by atoms with Gasteiger partial charge in [0, 0.05) is 28.9 Å². The summed E-state index contributed by atoms with van der Waals surface area (Å²) >= 11 is 0. The van der Waals surface area contributed by atoms with Crippen molar-refractivity contribution in [3.8, 4) is 17.1 Å². The number of fused-ring (bicyclic) bond motifs is 1. The van der Waals surface area contributed by atoms with Gasteiger partial charge in [-0.05, 0) is 42.5 Å². The number of hydrogen-bond acceptors (Lipinski definition) is 7. The van der Waals surface area contributed by atoms with Crippen molar-refractivity contribution in [3.63, 3.8) is 0 Å². The second-order valence-corrected chi connectivity index (χ2v) is 9.07. The molecule has 216 valence electrons. The number of carbonyl (C=O) groups is 1. The maximum absolute atomic E-state index is 13.5. The van der Waals surface area contributed by atoms with Gasteiger partial charge >= 0.3 is 6.18 Å². The van der Waals surface area contributed by atoms with Gasteiger partial charge in [0.2, 0.25) is 0 Å². The van der Waals surface area contributed by atoms with Crippen LogP contribution in [0.3, 0.4) is 0 Å². The average Bonchev–Trinajstić information content (AvgIpc) is 3.00. The standard InChI is InChI=1S/C30H20F3N5O5/c31-30(32,33)21-8-6-7-19(15-21)28-36-25-12-5-4-11-24(25)29(40)37(28)34-17-20-16-23(38(41)42)13-14-26(20)43-18-27(39)35-22-9-2-1-3-10-22/h1-17H,18H2,(H,35,39). The monoisotopic (exact) mass is 587 g/mol. The minimum absolute atomic E-state index is 0.0248.